The fourth-order valence-corrected chi connectivity index (χ4v) is 7.63. The van der Waals surface area contributed by atoms with Gasteiger partial charge in [-0.2, -0.15) is 0 Å². The predicted molar refractivity (Wildman–Crippen MR) is 147 cm³/mol. The molecule has 0 aromatic heterocycles. The third-order valence-corrected chi connectivity index (χ3v) is 9.56. The van der Waals surface area contributed by atoms with Gasteiger partial charge < -0.3 is 15.3 Å². The highest BCUT2D eigenvalue weighted by Gasteiger charge is 2.51. The van der Waals surface area contributed by atoms with Gasteiger partial charge in [-0.05, 0) is 113 Å². The predicted octanol–water partition coefficient (Wildman–Crippen LogP) is 7.60. The highest BCUT2D eigenvalue weighted by atomic mass is 19.1. The maximum atomic E-state index is 14.3. The Hall–Kier alpha value is -0.970. The van der Waals surface area contributed by atoms with Crippen LogP contribution in [-0.2, 0) is 0 Å². The number of aliphatic hydroxyl groups is 3. The molecule has 4 heteroatoms. The summed E-state index contributed by atoms with van der Waals surface area (Å²) in [4.78, 5) is 0. The largest absolute Gasteiger partial charge is 0.393 e. The van der Waals surface area contributed by atoms with Crippen molar-refractivity contribution >= 4 is 0 Å². The van der Waals surface area contributed by atoms with Gasteiger partial charge in [-0.3, -0.25) is 0 Å². The topological polar surface area (TPSA) is 60.7 Å². The first-order valence-electron chi connectivity index (χ1n) is 14.6. The SMILES string of the molecule is C=C1C(=CC=C2CCC[C@@]3(C)C2CC[C@@H]3C(CCCC(C)(C)O)CCCC(C)(C)O)C[C@@H](O)C[C@@H]1F. The molecular weight excluding hydrogens is 451 g/mol. The van der Waals surface area contributed by atoms with E-state index in [9.17, 15) is 19.7 Å². The lowest BCUT2D eigenvalue weighted by molar-refractivity contribution is 0.0480. The van der Waals surface area contributed by atoms with E-state index >= 15 is 0 Å². The molecule has 0 saturated heterocycles. The molecule has 3 fully saturated rings. The first-order valence-corrected chi connectivity index (χ1v) is 14.6. The van der Waals surface area contributed by atoms with Crippen LogP contribution < -0.4 is 0 Å². The second-order valence-corrected chi connectivity index (χ2v) is 13.8. The smallest absolute Gasteiger partial charge is 0.127 e. The third-order valence-electron chi connectivity index (χ3n) is 9.56. The van der Waals surface area contributed by atoms with Gasteiger partial charge in [-0.15, -0.1) is 0 Å². The minimum absolute atomic E-state index is 0.164. The van der Waals surface area contributed by atoms with Gasteiger partial charge in [0.25, 0.3) is 0 Å². The Kier molecular flexibility index (Phi) is 9.72. The van der Waals surface area contributed by atoms with Crippen LogP contribution >= 0.6 is 0 Å². The summed E-state index contributed by atoms with van der Waals surface area (Å²) in [6.07, 6.45) is 15.2. The maximum absolute atomic E-state index is 14.3. The van der Waals surface area contributed by atoms with E-state index in [0.29, 0.717) is 29.7 Å². The van der Waals surface area contributed by atoms with E-state index in [0.717, 1.165) is 50.5 Å². The lowest BCUT2D eigenvalue weighted by atomic mass is 9.60. The Bertz CT molecular complexity index is 794. The number of halogens is 1. The van der Waals surface area contributed by atoms with E-state index in [1.807, 2.05) is 27.7 Å². The van der Waals surface area contributed by atoms with Crippen LogP contribution in [0.5, 0.6) is 0 Å². The number of aliphatic hydroxyl groups excluding tert-OH is 1. The van der Waals surface area contributed by atoms with E-state index in [4.69, 9.17) is 0 Å². The van der Waals surface area contributed by atoms with E-state index < -0.39 is 23.5 Å². The fourth-order valence-electron chi connectivity index (χ4n) is 7.63. The van der Waals surface area contributed by atoms with Crippen LogP contribution in [-0.4, -0.2) is 38.8 Å². The van der Waals surface area contributed by atoms with Crippen LogP contribution in [0, 0.1) is 23.2 Å². The van der Waals surface area contributed by atoms with Crippen LogP contribution in [0.4, 0.5) is 4.39 Å². The molecule has 0 aromatic rings. The van der Waals surface area contributed by atoms with Crippen molar-refractivity contribution in [2.75, 3.05) is 0 Å². The van der Waals surface area contributed by atoms with Crippen molar-refractivity contribution in [1.29, 1.82) is 0 Å². The van der Waals surface area contributed by atoms with Crippen LogP contribution in [0.25, 0.3) is 0 Å². The van der Waals surface area contributed by atoms with Crippen molar-refractivity contribution in [1.82, 2.24) is 0 Å². The summed E-state index contributed by atoms with van der Waals surface area (Å²) in [6, 6.07) is 0. The molecule has 1 unspecified atom stereocenters. The second-order valence-electron chi connectivity index (χ2n) is 13.8. The zero-order chi connectivity index (χ0) is 26.7. The fraction of sp³-hybridized carbons (Fsp3) is 0.812. The standard InChI is InChI=1S/C32H53FO3/c1-22-25(20-26(34)21-29(22)33)14-13-24-12-9-19-32(6)27(15-16-28(24)32)23(10-7-17-30(2,3)35)11-8-18-31(4,5)36/h13-14,23,26-29,34-36H,1,7-12,15-21H2,2-6H3/t26-,27-,28?,29+,32-/m1/s1. The van der Waals surface area contributed by atoms with E-state index in [-0.39, 0.29) is 11.8 Å². The Morgan fingerprint density at radius 3 is 2.25 bits per heavy atom. The lowest BCUT2D eigenvalue weighted by Gasteiger charge is -2.45. The Labute approximate surface area is 220 Å². The van der Waals surface area contributed by atoms with Gasteiger partial charge in [0.15, 0.2) is 0 Å². The molecular formula is C32H53FO3. The molecule has 0 bridgehead atoms. The number of alkyl halides is 1. The van der Waals surface area contributed by atoms with Crippen molar-refractivity contribution < 1.29 is 19.7 Å². The van der Waals surface area contributed by atoms with Gasteiger partial charge in [0.05, 0.1) is 17.3 Å². The van der Waals surface area contributed by atoms with Crippen molar-refractivity contribution in [3.63, 3.8) is 0 Å². The average molecular weight is 505 g/mol. The minimum Gasteiger partial charge on any atom is -0.393 e. The molecule has 3 N–H and O–H groups in total. The monoisotopic (exact) mass is 504 g/mol. The molecule has 0 spiro atoms. The summed E-state index contributed by atoms with van der Waals surface area (Å²) in [5.41, 5.74) is 1.92. The first kappa shape index (κ1) is 29.6. The van der Waals surface area contributed by atoms with Crippen molar-refractivity contribution in [3.8, 4) is 0 Å². The molecule has 0 amide bonds. The Morgan fingerprint density at radius 2 is 1.67 bits per heavy atom. The summed E-state index contributed by atoms with van der Waals surface area (Å²) >= 11 is 0. The number of hydrogen-bond acceptors (Lipinski definition) is 3. The van der Waals surface area contributed by atoms with Gasteiger partial charge in [0.1, 0.15) is 6.17 Å². The van der Waals surface area contributed by atoms with E-state index in [2.05, 4.69) is 25.7 Å². The van der Waals surface area contributed by atoms with Gasteiger partial charge in [0, 0.05) is 6.42 Å². The van der Waals surface area contributed by atoms with Crippen LogP contribution in [0.1, 0.15) is 118 Å². The van der Waals surface area contributed by atoms with Gasteiger partial charge >= 0.3 is 0 Å². The molecule has 0 heterocycles. The van der Waals surface area contributed by atoms with Gasteiger partial charge in [-0.25, -0.2) is 4.39 Å². The highest BCUT2D eigenvalue weighted by molar-refractivity contribution is 5.38. The molecule has 3 nitrogen and oxygen atoms in total. The number of fused-ring (bicyclic) bond motifs is 1. The Balaban J connectivity index is 1.77. The van der Waals surface area contributed by atoms with E-state index in [1.54, 1.807) is 0 Å². The molecule has 5 atom stereocenters. The molecule has 3 aliphatic carbocycles. The van der Waals surface area contributed by atoms with Crippen LogP contribution in [0.3, 0.4) is 0 Å². The summed E-state index contributed by atoms with van der Waals surface area (Å²) < 4.78 is 14.3. The normalized spacial score (nSPS) is 34.1. The van der Waals surface area contributed by atoms with Crippen molar-refractivity contribution in [2.45, 2.75) is 142 Å². The summed E-state index contributed by atoms with van der Waals surface area (Å²) in [6.45, 7) is 14.1. The van der Waals surface area contributed by atoms with E-state index in [1.165, 1.54) is 31.3 Å². The number of rotatable bonds is 10. The first-order chi connectivity index (χ1) is 16.7. The molecule has 3 rings (SSSR count). The molecule has 0 radical (unpaired) electrons. The molecule has 3 saturated carbocycles. The molecule has 0 aliphatic heterocycles. The highest BCUT2D eigenvalue weighted by Crippen LogP contribution is 2.60. The zero-order valence-electron chi connectivity index (χ0n) is 23.7. The maximum Gasteiger partial charge on any atom is 0.127 e. The van der Waals surface area contributed by atoms with Crippen molar-refractivity contribution in [2.24, 2.45) is 23.2 Å². The molecule has 36 heavy (non-hydrogen) atoms. The number of allylic oxidation sites excluding steroid dienone is 4. The average Bonchev–Trinajstić information content (AvgIpc) is 3.10. The Morgan fingerprint density at radius 1 is 1.06 bits per heavy atom. The summed E-state index contributed by atoms with van der Waals surface area (Å²) in [5, 5.41) is 30.6. The van der Waals surface area contributed by atoms with Gasteiger partial charge in [-0.1, -0.05) is 56.9 Å². The van der Waals surface area contributed by atoms with Gasteiger partial charge in [0.2, 0.25) is 0 Å². The molecule has 0 aromatic carbocycles. The van der Waals surface area contributed by atoms with Crippen LogP contribution in [0.2, 0.25) is 0 Å². The zero-order valence-corrected chi connectivity index (χ0v) is 23.7. The van der Waals surface area contributed by atoms with Crippen molar-refractivity contribution in [3.05, 3.63) is 35.5 Å². The quantitative estimate of drug-likeness (QED) is 0.287. The third kappa shape index (κ3) is 7.77. The second kappa shape index (κ2) is 11.8. The molecule has 3 aliphatic rings. The molecule has 206 valence electrons. The lowest BCUT2D eigenvalue weighted by Crippen LogP contribution is -2.37. The number of hydrogen-bond donors (Lipinski definition) is 3. The summed E-state index contributed by atoms with van der Waals surface area (Å²) in [7, 11) is 0. The van der Waals surface area contributed by atoms with Crippen LogP contribution in [0.15, 0.2) is 35.5 Å². The minimum atomic E-state index is -1.14. The summed E-state index contributed by atoms with van der Waals surface area (Å²) in [5.74, 6) is 1.83.